The molecule has 3 nitrogen and oxygen atoms in total. The van der Waals surface area contributed by atoms with E-state index in [0.29, 0.717) is 11.0 Å². The third kappa shape index (κ3) is 6.98. The summed E-state index contributed by atoms with van der Waals surface area (Å²) in [7, 11) is 0. The Hall–Kier alpha value is 0.230. The molecule has 3 atom stereocenters. The minimum absolute atomic E-state index is 0.287. The quantitative estimate of drug-likeness (QED) is 0.642. The van der Waals surface area contributed by atoms with Crippen LogP contribution < -0.4 is 5.73 Å². The highest BCUT2D eigenvalue weighted by Crippen LogP contribution is 2.28. The first-order chi connectivity index (χ1) is 9.00. The normalized spacial score (nSPS) is 22.4. The van der Waals surface area contributed by atoms with Gasteiger partial charge in [-0.15, -0.1) is 0 Å². The van der Waals surface area contributed by atoms with Gasteiger partial charge in [0.15, 0.2) is 0 Å². The standard InChI is InChI=1S/C15H31NO2S/c1-11(2)19-10-14(17)15(18)13(16)9-8-12-6-4-3-5-7-12/h11-15,17-18H,3-10,16H2,1-2H3/t13-,14-,15+/m0/s1. The molecule has 0 radical (unpaired) electrons. The van der Waals surface area contributed by atoms with Gasteiger partial charge in [0, 0.05) is 11.8 Å². The van der Waals surface area contributed by atoms with E-state index in [2.05, 4.69) is 13.8 Å². The summed E-state index contributed by atoms with van der Waals surface area (Å²) in [6.07, 6.45) is 7.13. The zero-order valence-electron chi connectivity index (χ0n) is 12.4. The summed E-state index contributed by atoms with van der Waals surface area (Å²) in [5, 5.41) is 20.4. The van der Waals surface area contributed by atoms with Gasteiger partial charge in [0.25, 0.3) is 0 Å². The Bertz CT molecular complexity index is 232. The molecule has 1 fully saturated rings. The Morgan fingerprint density at radius 1 is 1.16 bits per heavy atom. The van der Waals surface area contributed by atoms with Gasteiger partial charge in [0.05, 0.1) is 12.2 Å². The third-order valence-corrected chi connectivity index (χ3v) is 5.27. The molecule has 0 unspecified atom stereocenters. The minimum Gasteiger partial charge on any atom is -0.390 e. The molecule has 0 amide bonds. The molecule has 1 aliphatic rings. The molecule has 0 aromatic carbocycles. The van der Waals surface area contributed by atoms with Crippen LogP contribution in [0.3, 0.4) is 0 Å². The highest BCUT2D eigenvalue weighted by atomic mass is 32.2. The maximum atomic E-state index is 10.0. The molecule has 0 aromatic rings. The number of hydrogen-bond donors (Lipinski definition) is 3. The molecule has 0 heterocycles. The molecule has 4 N–H and O–H groups in total. The second-order valence-corrected chi connectivity index (χ2v) is 7.79. The summed E-state index contributed by atoms with van der Waals surface area (Å²) in [5.74, 6) is 1.35. The molecule has 114 valence electrons. The Morgan fingerprint density at radius 3 is 2.37 bits per heavy atom. The lowest BCUT2D eigenvalue weighted by molar-refractivity contribution is 0.0146. The molecule has 0 saturated heterocycles. The second kappa shape index (κ2) is 9.22. The topological polar surface area (TPSA) is 66.5 Å². The van der Waals surface area contributed by atoms with E-state index in [0.717, 1.165) is 18.8 Å². The largest absolute Gasteiger partial charge is 0.390 e. The van der Waals surface area contributed by atoms with Gasteiger partial charge in [0.2, 0.25) is 0 Å². The Kier molecular flexibility index (Phi) is 8.38. The minimum atomic E-state index is -0.783. The van der Waals surface area contributed by atoms with Gasteiger partial charge in [-0.3, -0.25) is 0 Å². The zero-order chi connectivity index (χ0) is 14.3. The molecule has 1 aliphatic carbocycles. The first-order valence-electron chi connectivity index (χ1n) is 7.74. The zero-order valence-corrected chi connectivity index (χ0v) is 13.2. The third-order valence-electron chi connectivity index (χ3n) is 4.07. The monoisotopic (exact) mass is 289 g/mol. The average molecular weight is 289 g/mol. The van der Waals surface area contributed by atoms with Gasteiger partial charge in [-0.05, 0) is 24.0 Å². The highest BCUT2D eigenvalue weighted by molar-refractivity contribution is 7.99. The molecular weight excluding hydrogens is 258 g/mol. The lowest BCUT2D eigenvalue weighted by Crippen LogP contribution is -2.44. The van der Waals surface area contributed by atoms with Crippen LogP contribution in [0, 0.1) is 5.92 Å². The Balaban J connectivity index is 2.20. The molecule has 0 bridgehead atoms. The van der Waals surface area contributed by atoms with Crippen LogP contribution in [-0.4, -0.2) is 39.5 Å². The molecule has 1 rings (SSSR count). The molecule has 0 aliphatic heterocycles. The lowest BCUT2D eigenvalue weighted by atomic mass is 9.84. The number of aliphatic hydroxyl groups is 2. The maximum absolute atomic E-state index is 10.0. The smallest absolute Gasteiger partial charge is 0.0957 e. The number of rotatable bonds is 8. The summed E-state index contributed by atoms with van der Waals surface area (Å²) >= 11 is 1.67. The Labute approximate surface area is 122 Å². The van der Waals surface area contributed by atoms with E-state index >= 15 is 0 Å². The van der Waals surface area contributed by atoms with Crippen molar-refractivity contribution in [1.29, 1.82) is 0 Å². The van der Waals surface area contributed by atoms with Crippen LogP contribution >= 0.6 is 11.8 Å². The van der Waals surface area contributed by atoms with Crippen molar-refractivity contribution in [1.82, 2.24) is 0 Å². The summed E-state index contributed by atoms with van der Waals surface area (Å²) < 4.78 is 0. The van der Waals surface area contributed by atoms with Crippen molar-refractivity contribution in [2.75, 3.05) is 5.75 Å². The second-order valence-electron chi connectivity index (χ2n) is 6.19. The fourth-order valence-electron chi connectivity index (χ4n) is 2.75. The molecule has 0 aromatic heterocycles. The first-order valence-corrected chi connectivity index (χ1v) is 8.79. The van der Waals surface area contributed by atoms with Crippen molar-refractivity contribution in [3.63, 3.8) is 0 Å². The average Bonchev–Trinajstić information content (AvgIpc) is 2.42. The van der Waals surface area contributed by atoms with E-state index in [9.17, 15) is 10.2 Å². The van der Waals surface area contributed by atoms with Crippen molar-refractivity contribution in [3.8, 4) is 0 Å². The predicted molar refractivity (Wildman–Crippen MR) is 83.4 cm³/mol. The predicted octanol–water partition coefficient (Wildman–Crippen LogP) is 2.54. The Morgan fingerprint density at radius 2 is 1.79 bits per heavy atom. The molecule has 4 heteroatoms. The van der Waals surface area contributed by atoms with E-state index in [1.165, 1.54) is 32.1 Å². The van der Waals surface area contributed by atoms with Crippen molar-refractivity contribution in [2.45, 2.75) is 82.3 Å². The van der Waals surface area contributed by atoms with Gasteiger partial charge in [-0.2, -0.15) is 11.8 Å². The molecular formula is C15H31NO2S. The van der Waals surface area contributed by atoms with Crippen LogP contribution in [0.15, 0.2) is 0 Å². The van der Waals surface area contributed by atoms with Gasteiger partial charge in [0.1, 0.15) is 0 Å². The maximum Gasteiger partial charge on any atom is 0.0957 e. The van der Waals surface area contributed by atoms with E-state index in [1.807, 2.05) is 0 Å². The van der Waals surface area contributed by atoms with Gasteiger partial charge in [-0.1, -0.05) is 46.0 Å². The van der Waals surface area contributed by atoms with Crippen LogP contribution in [-0.2, 0) is 0 Å². The van der Waals surface area contributed by atoms with Crippen LogP contribution in [0.2, 0.25) is 0 Å². The van der Waals surface area contributed by atoms with Crippen LogP contribution in [0.5, 0.6) is 0 Å². The van der Waals surface area contributed by atoms with E-state index in [-0.39, 0.29) is 6.04 Å². The van der Waals surface area contributed by atoms with E-state index < -0.39 is 12.2 Å². The van der Waals surface area contributed by atoms with Crippen LogP contribution in [0.4, 0.5) is 0 Å². The van der Waals surface area contributed by atoms with Crippen molar-refractivity contribution < 1.29 is 10.2 Å². The molecule has 0 spiro atoms. The lowest BCUT2D eigenvalue weighted by Gasteiger charge is -2.27. The van der Waals surface area contributed by atoms with Crippen molar-refractivity contribution in [2.24, 2.45) is 11.7 Å². The van der Waals surface area contributed by atoms with Gasteiger partial charge >= 0.3 is 0 Å². The number of hydrogen-bond acceptors (Lipinski definition) is 4. The number of thioether (sulfide) groups is 1. The molecule has 19 heavy (non-hydrogen) atoms. The fourth-order valence-corrected chi connectivity index (χ4v) is 3.53. The first kappa shape index (κ1) is 17.3. The van der Waals surface area contributed by atoms with E-state index in [4.69, 9.17) is 5.73 Å². The van der Waals surface area contributed by atoms with Crippen molar-refractivity contribution >= 4 is 11.8 Å². The van der Waals surface area contributed by atoms with Crippen LogP contribution in [0.25, 0.3) is 0 Å². The SMILES string of the molecule is CC(C)SC[C@H](O)[C@H](O)[C@@H](N)CCC1CCCCC1. The number of nitrogens with two attached hydrogens (primary N) is 1. The fraction of sp³-hybridized carbons (Fsp3) is 1.00. The molecule has 1 saturated carbocycles. The van der Waals surface area contributed by atoms with Gasteiger partial charge < -0.3 is 15.9 Å². The van der Waals surface area contributed by atoms with E-state index in [1.54, 1.807) is 11.8 Å². The highest BCUT2D eigenvalue weighted by Gasteiger charge is 2.24. The van der Waals surface area contributed by atoms with Crippen LogP contribution in [0.1, 0.15) is 58.8 Å². The summed E-state index contributed by atoms with van der Waals surface area (Å²) in [4.78, 5) is 0. The number of aliphatic hydroxyl groups excluding tert-OH is 2. The summed E-state index contributed by atoms with van der Waals surface area (Å²) in [6.45, 7) is 4.18. The summed E-state index contributed by atoms with van der Waals surface area (Å²) in [6, 6.07) is -0.287. The van der Waals surface area contributed by atoms with Gasteiger partial charge in [-0.25, -0.2) is 0 Å². The van der Waals surface area contributed by atoms with Crippen molar-refractivity contribution in [3.05, 3.63) is 0 Å². The summed E-state index contributed by atoms with van der Waals surface area (Å²) in [5.41, 5.74) is 6.02.